The number of H-pyrrole nitrogens is 1. The van der Waals surface area contributed by atoms with Crippen molar-refractivity contribution in [2.24, 2.45) is 0 Å². The largest absolute Gasteiger partial charge is 0.342 e. The van der Waals surface area contributed by atoms with E-state index in [1.54, 1.807) is 12.1 Å². The van der Waals surface area contributed by atoms with Crippen molar-refractivity contribution in [3.8, 4) is 0 Å². The Hall–Kier alpha value is -3.48. The molecule has 5 rings (SSSR count). The molecule has 0 spiro atoms. The topological polar surface area (TPSA) is 95.2 Å². The second kappa shape index (κ2) is 7.09. The first-order valence-electron chi connectivity index (χ1n) is 10.3. The van der Waals surface area contributed by atoms with E-state index in [1.807, 2.05) is 31.2 Å². The summed E-state index contributed by atoms with van der Waals surface area (Å²) in [7, 11) is 0. The number of hydrogen-bond acceptors (Lipinski definition) is 4. The second-order valence-corrected chi connectivity index (χ2v) is 8.09. The number of hydrogen-bond donors (Lipinski definition) is 2. The lowest BCUT2D eigenvalue weighted by Crippen LogP contribution is -2.32. The Morgan fingerprint density at radius 1 is 1.13 bits per heavy atom. The maximum absolute atomic E-state index is 12.5. The van der Waals surface area contributed by atoms with E-state index >= 15 is 0 Å². The number of imidazole rings is 1. The van der Waals surface area contributed by atoms with Gasteiger partial charge < -0.3 is 10.3 Å². The Labute approximate surface area is 173 Å². The van der Waals surface area contributed by atoms with Crippen molar-refractivity contribution in [1.82, 2.24) is 14.9 Å². The van der Waals surface area contributed by atoms with Crippen LogP contribution in [0.3, 0.4) is 0 Å². The quantitative estimate of drug-likeness (QED) is 0.635. The van der Waals surface area contributed by atoms with Gasteiger partial charge in [-0.3, -0.25) is 19.3 Å². The van der Waals surface area contributed by atoms with E-state index < -0.39 is 0 Å². The Kier molecular flexibility index (Phi) is 4.38. The fraction of sp³-hybridized carbons (Fsp3) is 0.304. The fourth-order valence-electron chi connectivity index (χ4n) is 4.03. The summed E-state index contributed by atoms with van der Waals surface area (Å²) >= 11 is 0. The first kappa shape index (κ1) is 18.5. The molecule has 0 atom stereocenters. The van der Waals surface area contributed by atoms with Crippen LogP contribution in [0.2, 0.25) is 0 Å². The summed E-state index contributed by atoms with van der Waals surface area (Å²) in [4.78, 5) is 46.6. The first-order valence-corrected chi connectivity index (χ1v) is 10.3. The number of rotatable bonds is 5. The first-order chi connectivity index (χ1) is 14.5. The lowest BCUT2D eigenvalue weighted by atomic mass is 9.85. The van der Waals surface area contributed by atoms with Gasteiger partial charge in [0.1, 0.15) is 5.82 Å². The number of carbonyl (C=O) groups excluding carboxylic acids is 3. The number of benzene rings is 2. The summed E-state index contributed by atoms with van der Waals surface area (Å²) in [6, 6.07) is 10.8. The van der Waals surface area contributed by atoms with Crippen LogP contribution >= 0.6 is 0 Å². The molecule has 2 aliphatic rings. The van der Waals surface area contributed by atoms with Crippen molar-refractivity contribution in [2.75, 3.05) is 11.9 Å². The fourth-order valence-corrected chi connectivity index (χ4v) is 4.03. The molecule has 0 radical (unpaired) electrons. The number of amides is 3. The zero-order chi connectivity index (χ0) is 20.8. The van der Waals surface area contributed by atoms with Crippen LogP contribution in [0.15, 0.2) is 36.4 Å². The molecule has 0 bridgehead atoms. The lowest BCUT2D eigenvalue weighted by molar-refractivity contribution is -0.116. The molecule has 1 aliphatic carbocycles. The Balaban J connectivity index is 1.23. The third-order valence-corrected chi connectivity index (χ3v) is 5.96. The molecule has 0 unspecified atom stereocenters. The van der Waals surface area contributed by atoms with Gasteiger partial charge in [0.25, 0.3) is 11.8 Å². The molecule has 2 aromatic carbocycles. The molecule has 152 valence electrons. The smallest absolute Gasteiger partial charge is 0.261 e. The molecule has 1 aromatic heterocycles. The van der Waals surface area contributed by atoms with Gasteiger partial charge in [0.05, 0.1) is 22.2 Å². The minimum Gasteiger partial charge on any atom is -0.342 e. The molecule has 0 saturated heterocycles. The van der Waals surface area contributed by atoms with Gasteiger partial charge in [0, 0.05) is 24.6 Å². The third-order valence-electron chi connectivity index (χ3n) is 5.96. The SMILES string of the molecule is Cc1ccc2c(c1)C(=O)N(CCC(=O)Nc1ccc3nc(C4CCC4)[nH]c3c1)C2=O. The summed E-state index contributed by atoms with van der Waals surface area (Å²) in [5.74, 6) is 0.597. The summed E-state index contributed by atoms with van der Waals surface area (Å²) in [5.41, 5.74) is 4.17. The van der Waals surface area contributed by atoms with Gasteiger partial charge in [-0.15, -0.1) is 0 Å². The highest BCUT2D eigenvalue weighted by Crippen LogP contribution is 2.35. The molecule has 3 aromatic rings. The molecular formula is C23H22N4O3. The van der Waals surface area contributed by atoms with Gasteiger partial charge >= 0.3 is 0 Å². The van der Waals surface area contributed by atoms with Crippen molar-refractivity contribution in [3.05, 3.63) is 58.9 Å². The van der Waals surface area contributed by atoms with E-state index in [-0.39, 0.29) is 30.7 Å². The number of nitrogens with zero attached hydrogens (tertiary/aromatic N) is 2. The molecule has 2 heterocycles. The Bertz CT molecular complexity index is 1190. The van der Waals surface area contributed by atoms with Gasteiger partial charge in [-0.1, -0.05) is 18.1 Å². The number of anilines is 1. The predicted molar refractivity (Wildman–Crippen MR) is 112 cm³/mol. The number of fused-ring (bicyclic) bond motifs is 2. The molecule has 30 heavy (non-hydrogen) atoms. The summed E-state index contributed by atoms with van der Waals surface area (Å²) in [6.45, 7) is 1.93. The molecule has 7 nitrogen and oxygen atoms in total. The van der Waals surface area contributed by atoms with E-state index in [2.05, 4.69) is 15.3 Å². The molecule has 1 saturated carbocycles. The predicted octanol–water partition coefficient (Wildman–Crippen LogP) is 3.76. The molecule has 3 amide bonds. The minimum absolute atomic E-state index is 0.0405. The van der Waals surface area contributed by atoms with E-state index in [0.717, 1.165) is 27.3 Å². The van der Waals surface area contributed by atoms with Crippen molar-refractivity contribution >= 4 is 34.4 Å². The summed E-state index contributed by atoms with van der Waals surface area (Å²) in [6.07, 6.45) is 3.62. The van der Waals surface area contributed by atoms with E-state index in [1.165, 1.54) is 19.3 Å². The molecule has 1 aliphatic heterocycles. The van der Waals surface area contributed by atoms with Crippen molar-refractivity contribution in [1.29, 1.82) is 0 Å². The molecule has 2 N–H and O–H groups in total. The van der Waals surface area contributed by atoms with E-state index in [0.29, 0.717) is 22.7 Å². The third kappa shape index (κ3) is 3.16. The average molecular weight is 402 g/mol. The van der Waals surface area contributed by atoms with Crippen LogP contribution < -0.4 is 5.32 Å². The lowest BCUT2D eigenvalue weighted by Gasteiger charge is -2.22. The molecular weight excluding hydrogens is 380 g/mol. The highest BCUT2D eigenvalue weighted by atomic mass is 16.2. The number of aromatic nitrogens is 2. The Morgan fingerprint density at radius 2 is 1.93 bits per heavy atom. The molecule has 1 fully saturated rings. The maximum Gasteiger partial charge on any atom is 0.261 e. The van der Waals surface area contributed by atoms with Gasteiger partial charge in [0.15, 0.2) is 0 Å². The van der Waals surface area contributed by atoms with Gasteiger partial charge in [0.2, 0.25) is 5.91 Å². The van der Waals surface area contributed by atoms with Crippen LogP contribution in [-0.2, 0) is 4.79 Å². The summed E-state index contributed by atoms with van der Waals surface area (Å²) < 4.78 is 0. The zero-order valence-electron chi connectivity index (χ0n) is 16.7. The second-order valence-electron chi connectivity index (χ2n) is 8.09. The number of aromatic amines is 1. The number of aryl methyl sites for hydroxylation is 1. The highest BCUT2D eigenvalue weighted by Gasteiger charge is 2.35. The molecule has 7 heteroatoms. The average Bonchev–Trinajstić information content (AvgIpc) is 3.17. The standard InChI is InChI=1S/C23H22N4O3/c1-13-5-7-16-17(11-13)23(30)27(22(16)29)10-9-20(28)24-15-6-8-18-19(12-15)26-21(25-18)14-3-2-4-14/h5-8,11-12,14H,2-4,9-10H2,1H3,(H,24,28)(H,25,26). The van der Waals surface area contributed by atoms with Crippen molar-refractivity contribution in [2.45, 2.75) is 38.5 Å². The van der Waals surface area contributed by atoms with E-state index in [4.69, 9.17) is 0 Å². The zero-order valence-corrected chi connectivity index (χ0v) is 16.7. The van der Waals surface area contributed by atoms with Gasteiger partial charge in [-0.2, -0.15) is 0 Å². The van der Waals surface area contributed by atoms with Crippen LogP contribution in [-0.4, -0.2) is 39.1 Å². The van der Waals surface area contributed by atoms with Crippen molar-refractivity contribution in [3.63, 3.8) is 0 Å². The minimum atomic E-state index is -0.342. The van der Waals surface area contributed by atoms with Crippen LogP contribution in [0, 0.1) is 6.92 Å². The number of imide groups is 1. The van der Waals surface area contributed by atoms with Crippen LogP contribution in [0.5, 0.6) is 0 Å². The number of carbonyl (C=O) groups is 3. The normalized spacial score (nSPS) is 16.1. The summed E-state index contributed by atoms with van der Waals surface area (Å²) in [5, 5.41) is 2.85. The van der Waals surface area contributed by atoms with Gasteiger partial charge in [-0.05, 0) is 50.1 Å². The van der Waals surface area contributed by atoms with Crippen LogP contribution in [0.25, 0.3) is 11.0 Å². The highest BCUT2D eigenvalue weighted by molar-refractivity contribution is 6.21. The van der Waals surface area contributed by atoms with Crippen LogP contribution in [0.4, 0.5) is 5.69 Å². The monoisotopic (exact) mass is 402 g/mol. The van der Waals surface area contributed by atoms with Crippen molar-refractivity contribution < 1.29 is 14.4 Å². The van der Waals surface area contributed by atoms with Gasteiger partial charge in [-0.25, -0.2) is 4.98 Å². The number of nitrogens with one attached hydrogen (secondary N) is 2. The Morgan fingerprint density at radius 3 is 2.70 bits per heavy atom. The van der Waals surface area contributed by atoms with Crippen LogP contribution in [0.1, 0.15) is 63.7 Å². The maximum atomic E-state index is 12.5. The van der Waals surface area contributed by atoms with E-state index in [9.17, 15) is 14.4 Å².